The van der Waals surface area contributed by atoms with Crippen molar-refractivity contribution < 1.29 is 15.0 Å². The van der Waals surface area contributed by atoms with Gasteiger partial charge in [-0.15, -0.1) is 0 Å². The Bertz CT molecular complexity index is 573. The zero-order valence-electron chi connectivity index (χ0n) is 12.4. The Morgan fingerprint density at radius 1 is 1.29 bits per heavy atom. The molecule has 1 aliphatic rings. The summed E-state index contributed by atoms with van der Waals surface area (Å²) < 4.78 is 0. The Morgan fingerprint density at radius 2 is 1.95 bits per heavy atom. The van der Waals surface area contributed by atoms with Gasteiger partial charge in [0.15, 0.2) is 5.78 Å². The van der Waals surface area contributed by atoms with E-state index in [-0.39, 0.29) is 29.1 Å². The SMILES string of the molecule is CC1(C)CC(=O)C(C=NCC(O)c2ccccc2)=C(O)C1. The topological polar surface area (TPSA) is 69.9 Å². The first kappa shape index (κ1) is 15.4. The first-order chi connectivity index (χ1) is 9.89. The number of aliphatic hydroxyl groups is 2. The molecule has 1 unspecified atom stereocenters. The molecule has 0 spiro atoms. The van der Waals surface area contributed by atoms with E-state index in [1.807, 2.05) is 44.2 Å². The summed E-state index contributed by atoms with van der Waals surface area (Å²) in [5, 5.41) is 19.9. The highest BCUT2D eigenvalue weighted by Gasteiger charge is 2.32. The Labute approximate surface area is 124 Å². The lowest BCUT2D eigenvalue weighted by atomic mass is 9.77. The highest BCUT2D eigenvalue weighted by molar-refractivity contribution is 6.14. The molecule has 0 heterocycles. The predicted molar refractivity (Wildman–Crippen MR) is 82.4 cm³/mol. The second-order valence-corrected chi connectivity index (χ2v) is 6.22. The van der Waals surface area contributed by atoms with Gasteiger partial charge in [-0.05, 0) is 11.0 Å². The molecule has 4 heteroatoms. The number of allylic oxidation sites excluding steroid dienone is 2. The van der Waals surface area contributed by atoms with Crippen molar-refractivity contribution in [3.05, 3.63) is 47.2 Å². The second-order valence-electron chi connectivity index (χ2n) is 6.22. The van der Waals surface area contributed by atoms with Gasteiger partial charge >= 0.3 is 0 Å². The van der Waals surface area contributed by atoms with Gasteiger partial charge in [0, 0.05) is 19.1 Å². The third-order valence-corrected chi connectivity index (χ3v) is 3.58. The number of Topliss-reactive ketones (excluding diaryl/α,β-unsaturated/α-hetero) is 1. The molecule has 21 heavy (non-hydrogen) atoms. The number of benzene rings is 1. The van der Waals surface area contributed by atoms with Gasteiger partial charge in [-0.25, -0.2) is 0 Å². The van der Waals surface area contributed by atoms with Gasteiger partial charge in [-0.2, -0.15) is 0 Å². The minimum Gasteiger partial charge on any atom is -0.511 e. The number of ketones is 1. The summed E-state index contributed by atoms with van der Waals surface area (Å²) in [5.74, 6) is -0.00379. The second kappa shape index (κ2) is 6.22. The maximum atomic E-state index is 12.0. The number of carbonyl (C=O) groups is 1. The Hall–Kier alpha value is -1.94. The van der Waals surface area contributed by atoms with Crippen LogP contribution in [0.15, 0.2) is 46.7 Å². The number of hydrogen-bond acceptors (Lipinski definition) is 4. The minimum atomic E-state index is -0.708. The molecule has 4 nitrogen and oxygen atoms in total. The van der Waals surface area contributed by atoms with Crippen LogP contribution in [0.2, 0.25) is 0 Å². The molecule has 0 saturated carbocycles. The Balaban J connectivity index is 2.03. The first-order valence-electron chi connectivity index (χ1n) is 7.07. The fraction of sp³-hybridized carbons (Fsp3) is 0.412. The van der Waals surface area contributed by atoms with E-state index in [4.69, 9.17) is 0 Å². The maximum absolute atomic E-state index is 12.0. The average Bonchev–Trinajstić information content (AvgIpc) is 2.41. The van der Waals surface area contributed by atoms with Crippen LogP contribution >= 0.6 is 0 Å². The van der Waals surface area contributed by atoms with Gasteiger partial charge in [0.1, 0.15) is 5.76 Å². The molecule has 0 bridgehead atoms. The van der Waals surface area contributed by atoms with Gasteiger partial charge in [0.05, 0.1) is 18.2 Å². The summed E-state index contributed by atoms with van der Waals surface area (Å²) >= 11 is 0. The zero-order chi connectivity index (χ0) is 15.5. The smallest absolute Gasteiger partial charge is 0.168 e. The van der Waals surface area contributed by atoms with Crippen molar-refractivity contribution in [2.24, 2.45) is 10.4 Å². The van der Waals surface area contributed by atoms with E-state index in [0.717, 1.165) is 5.56 Å². The molecule has 0 aromatic heterocycles. The highest BCUT2D eigenvalue weighted by Crippen LogP contribution is 2.35. The summed E-state index contributed by atoms with van der Waals surface area (Å²) in [4.78, 5) is 16.1. The summed E-state index contributed by atoms with van der Waals surface area (Å²) in [6, 6.07) is 9.23. The predicted octanol–water partition coefficient (Wildman–Crippen LogP) is 2.99. The van der Waals surface area contributed by atoms with E-state index < -0.39 is 6.10 Å². The van der Waals surface area contributed by atoms with Crippen LogP contribution in [0.4, 0.5) is 0 Å². The molecular weight excluding hydrogens is 266 g/mol. The number of aliphatic hydroxyl groups excluding tert-OH is 2. The third kappa shape index (κ3) is 4.02. The van der Waals surface area contributed by atoms with E-state index in [1.54, 1.807) is 0 Å². The molecule has 0 fully saturated rings. The van der Waals surface area contributed by atoms with Crippen molar-refractivity contribution >= 4 is 12.0 Å². The fourth-order valence-corrected chi connectivity index (χ4v) is 2.47. The Kier molecular flexibility index (Phi) is 4.58. The van der Waals surface area contributed by atoms with Crippen LogP contribution in [0.1, 0.15) is 38.4 Å². The van der Waals surface area contributed by atoms with Gasteiger partial charge in [-0.3, -0.25) is 9.79 Å². The van der Waals surface area contributed by atoms with Crippen LogP contribution in [0.5, 0.6) is 0 Å². The van der Waals surface area contributed by atoms with Crippen LogP contribution in [0.25, 0.3) is 0 Å². The van der Waals surface area contributed by atoms with E-state index in [1.165, 1.54) is 6.21 Å². The van der Waals surface area contributed by atoms with E-state index in [9.17, 15) is 15.0 Å². The molecule has 2 rings (SSSR count). The molecule has 0 aliphatic heterocycles. The maximum Gasteiger partial charge on any atom is 0.168 e. The molecular formula is C17H21NO3. The van der Waals surface area contributed by atoms with E-state index >= 15 is 0 Å². The molecule has 1 aromatic carbocycles. The molecule has 1 aromatic rings. The fourth-order valence-electron chi connectivity index (χ4n) is 2.47. The van der Waals surface area contributed by atoms with Crippen molar-refractivity contribution in [3.8, 4) is 0 Å². The number of rotatable bonds is 4. The summed E-state index contributed by atoms with van der Waals surface area (Å²) in [6.45, 7) is 4.07. The lowest BCUT2D eigenvalue weighted by molar-refractivity contribution is -0.117. The summed E-state index contributed by atoms with van der Waals surface area (Å²) in [7, 11) is 0. The average molecular weight is 287 g/mol. The summed E-state index contributed by atoms with van der Waals surface area (Å²) in [6.07, 6.45) is 1.56. The van der Waals surface area contributed by atoms with Gasteiger partial charge in [0.2, 0.25) is 0 Å². The lowest BCUT2D eigenvalue weighted by Crippen LogP contribution is -2.26. The van der Waals surface area contributed by atoms with Crippen molar-refractivity contribution in [1.29, 1.82) is 0 Å². The van der Waals surface area contributed by atoms with E-state index in [2.05, 4.69) is 4.99 Å². The van der Waals surface area contributed by atoms with Crippen LogP contribution in [0, 0.1) is 5.41 Å². The monoisotopic (exact) mass is 287 g/mol. The van der Waals surface area contributed by atoms with E-state index in [0.29, 0.717) is 12.8 Å². The van der Waals surface area contributed by atoms with Crippen LogP contribution in [-0.2, 0) is 4.79 Å². The zero-order valence-corrected chi connectivity index (χ0v) is 12.4. The number of hydrogen-bond donors (Lipinski definition) is 2. The summed E-state index contributed by atoms with van der Waals surface area (Å²) in [5.41, 5.74) is 0.848. The molecule has 1 aliphatic carbocycles. The first-order valence-corrected chi connectivity index (χ1v) is 7.07. The third-order valence-electron chi connectivity index (χ3n) is 3.58. The van der Waals surface area contributed by atoms with Crippen molar-refractivity contribution in [2.75, 3.05) is 6.54 Å². The highest BCUT2D eigenvalue weighted by atomic mass is 16.3. The quantitative estimate of drug-likeness (QED) is 0.836. The molecule has 0 amide bonds. The number of carbonyl (C=O) groups excluding carboxylic acids is 1. The van der Waals surface area contributed by atoms with Crippen LogP contribution < -0.4 is 0 Å². The normalized spacial score (nSPS) is 20.0. The van der Waals surface area contributed by atoms with Gasteiger partial charge in [-0.1, -0.05) is 44.2 Å². The van der Waals surface area contributed by atoms with Crippen molar-refractivity contribution in [2.45, 2.75) is 32.8 Å². The van der Waals surface area contributed by atoms with Crippen molar-refractivity contribution in [3.63, 3.8) is 0 Å². The molecule has 0 saturated heterocycles. The lowest BCUT2D eigenvalue weighted by Gasteiger charge is -2.28. The molecule has 2 N–H and O–H groups in total. The standard InChI is InChI=1S/C17H21NO3/c1-17(2)8-14(19)13(15(20)9-17)10-18-11-16(21)12-6-4-3-5-7-12/h3-7,10,16,19,21H,8-9,11H2,1-2H3. The molecule has 0 radical (unpaired) electrons. The Morgan fingerprint density at radius 3 is 2.57 bits per heavy atom. The largest absolute Gasteiger partial charge is 0.511 e. The number of nitrogens with zero attached hydrogens (tertiary/aromatic N) is 1. The molecule has 1 atom stereocenters. The van der Waals surface area contributed by atoms with Gasteiger partial charge in [0.25, 0.3) is 0 Å². The molecule has 112 valence electrons. The van der Waals surface area contributed by atoms with Crippen molar-refractivity contribution in [1.82, 2.24) is 0 Å². The van der Waals surface area contributed by atoms with Crippen LogP contribution in [0.3, 0.4) is 0 Å². The number of aliphatic imine (C=N–C) groups is 1. The van der Waals surface area contributed by atoms with Crippen LogP contribution in [-0.4, -0.2) is 28.8 Å². The van der Waals surface area contributed by atoms with Gasteiger partial charge < -0.3 is 10.2 Å². The minimum absolute atomic E-state index is 0.0919.